The van der Waals surface area contributed by atoms with Gasteiger partial charge in [0.2, 0.25) is 0 Å². The number of methoxy groups -OCH3 is 1. The van der Waals surface area contributed by atoms with Crippen LogP contribution in [-0.2, 0) is 4.79 Å². The van der Waals surface area contributed by atoms with Crippen LogP contribution in [-0.4, -0.2) is 18.9 Å². The zero-order valence-corrected chi connectivity index (χ0v) is 18.3. The first-order valence-corrected chi connectivity index (χ1v) is 10.1. The highest BCUT2D eigenvalue weighted by molar-refractivity contribution is 9.10. The van der Waals surface area contributed by atoms with Crippen molar-refractivity contribution in [2.75, 3.05) is 12.4 Å². The number of carbonyl (C=O) groups excluding carboxylic acids is 2. The van der Waals surface area contributed by atoms with Crippen LogP contribution in [0, 0.1) is 0 Å². The Balaban J connectivity index is 1.88. The molecule has 0 atom stereocenters. The Kier molecular flexibility index (Phi) is 7.27. The molecule has 3 aromatic carbocycles. The fourth-order valence-corrected chi connectivity index (χ4v) is 3.08. The molecule has 0 radical (unpaired) electrons. The maximum Gasteiger partial charge on any atom is 0.272 e. The Morgan fingerprint density at radius 1 is 0.967 bits per heavy atom. The van der Waals surface area contributed by atoms with Gasteiger partial charge in [-0.05, 0) is 60.2 Å². The molecule has 0 bridgehead atoms. The Morgan fingerprint density at radius 3 is 2.27 bits per heavy atom. The van der Waals surface area contributed by atoms with Crippen molar-refractivity contribution >= 4 is 51.1 Å². The SMILES string of the molecule is COc1ccc(NC(=O)C(=Cc2ccc(Br)cc2)NC(=O)c2ccccc2Cl)cc1. The Hall–Kier alpha value is -3.09. The molecule has 3 aromatic rings. The topological polar surface area (TPSA) is 67.4 Å². The van der Waals surface area contributed by atoms with Crippen molar-refractivity contribution in [2.45, 2.75) is 0 Å². The average Bonchev–Trinajstić information content (AvgIpc) is 2.75. The average molecular weight is 486 g/mol. The fourth-order valence-electron chi connectivity index (χ4n) is 2.59. The summed E-state index contributed by atoms with van der Waals surface area (Å²) in [6.45, 7) is 0. The van der Waals surface area contributed by atoms with Gasteiger partial charge in [-0.15, -0.1) is 0 Å². The number of anilines is 1. The zero-order valence-electron chi connectivity index (χ0n) is 16.0. The second-order valence-electron chi connectivity index (χ2n) is 6.23. The predicted molar refractivity (Wildman–Crippen MR) is 123 cm³/mol. The Morgan fingerprint density at radius 2 is 1.63 bits per heavy atom. The van der Waals surface area contributed by atoms with E-state index in [4.69, 9.17) is 16.3 Å². The molecule has 3 rings (SSSR count). The Bertz CT molecular complexity index is 1080. The molecule has 2 N–H and O–H groups in total. The van der Waals surface area contributed by atoms with E-state index in [-0.39, 0.29) is 11.3 Å². The maximum absolute atomic E-state index is 12.9. The predicted octanol–water partition coefficient (Wildman–Crippen LogP) is 5.52. The minimum atomic E-state index is -0.478. The number of hydrogen-bond donors (Lipinski definition) is 2. The first kappa shape index (κ1) is 21.6. The summed E-state index contributed by atoms with van der Waals surface area (Å²) in [6.07, 6.45) is 1.60. The largest absolute Gasteiger partial charge is 0.497 e. The third-order valence-electron chi connectivity index (χ3n) is 4.14. The quantitative estimate of drug-likeness (QED) is 0.452. The highest BCUT2D eigenvalue weighted by Gasteiger charge is 2.17. The number of ether oxygens (including phenoxy) is 1. The van der Waals surface area contributed by atoms with E-state index in [2.05, 4.69) is 26.6 Å². The molecule has 0 aliphatic rings. The molecular formula is C23H18BrClN2O3. The Labute approximate surface area is 187 Å². The van der Waals surface area contributed by atoms with E-state index >= 15 is 0 Å². The van der Waals surface area contributed by atoms with Gasteiger partial charge in [-0.2, -0.15) is 0 Å². The lowest BCUT2D eigenvalue weighted by atomic mass is 10.1. The number of amides is 2. The van der Waals surface area contributed by atoms with Crippen molar-refractivity contribution < 1.29 is 14.3 Å². The van der Waals surface area contributed by atoms with Crippen molar-refractivity contribution in [3.05, 3.63) is 99.1 Å². The van der Waals surface area contributed by atoms with Gasteiger partial charge in [0.15, 0.2) is 0 Å². The smallest absolute Gasteiger partial charge is 0.272 e. The summed E-state index contributed by atoms with van der Waals surface area (Å²) in [6, 6.07) is 20.9. The van der Waals surface area contributed by atoms with Gasteiger partial charge < -0.3 is 15.4 Å². The van der Waals surface area contributed by atoms with Crippen LogP contribution < -0.4 is 15.4 Å². The van der Waals surface area contributed by atoms with Crippen LogP contribution in [0.1, 0.15) is 15.9 Å². The van der Waals surface area contributed by atoms with Crippen molar-refractivity contribution in [3.8, 4) is 5.75 Å². The van der Waals surface area contributed by atoms with Crippen LogP contribution in [0.25, 0.3) is 6.08 Å². The molecule has 7 heteroatoms. The van der Waals surface area contributed by atoms with Gasteiger partial charge in [0.1, 0.15) is 11.4 Å². The highest BCUT2D eigenvalue weighted by atomic mass is 79.9. The van der Waals surface area contributed by atoms with E-state index in [1.807, 2.05) is 24.3 Å². The van der Waals surface area contributed by atoms with Crippen molar-refractivity contribution in [1.82, 2.24) is 5.32 Å². The van der Waals surface area contributed by atoms with Gasteiger partial charge in [-0.25, -0.2) is 0 Å². The lowest BCUT2D eigenvalue weighted by molar-refractivity contribution is -0.113. The zero-order chi connectivity index (χ0) is 21.5. The van der Waals surface area contributed by atoms with E-state index in [9.17, 15) is 9.59 Å². The molecule has 30 heavy (non-hydrogen) atoms. The minimum absolute atomic E-state index is 0.0815. The van der Waals surface area contributed by atoms with Crippen molar-refractivity contribution in [1.29, 1.82) is 0 Å². The number of rotatable bonds is 6. The second-order valence-corrected chi connectivity index (χ2v) is 7.55. The molecule has 5 nitrogen and oxygen atoms in total. The van der Waals surface area contributed by atoms with Gasteiger partial charge in [-0.3, -0.25) is 9.59 Å². The lowest BCUT2D eigenvalue weighted by Crippen LogP contribution is -2.30. The van der Waals surface area contributed by atoms with Crippen molar-refractivity contribution in [3.63, 3.8) is 0 Å². The summed E-state index contributed by atoms with van der Waals surface area (Å²) >= 11 is 9.50. The van der Waals surface area contributed by atoms with Gasteiger partial charge >= 0.3 is 0 Å². The van der Waals surface area contributed by atoms with Crippen LogP contribution in [0.4, 0.5) is 5.69 Å². The molecule has 0 aliphatic carbocycles. The highest BCUT2D eigenvalue weighted by Crippen LogP contribution is 2.19. The molecular weight excluding hydrogens is 468 g/mol. The summed E-state index contributed by atoms with van der Waals surface area (Å²) in [5, 5.41) is 5.75. The second kappa shape index (κ2) is 10.1. The number of hydrogen-bond acceptors (Lipinski definition) is 3. The van der Waals surface area contributed by atoms with Crippen LogP contribution in [0.15, 0.2) is 83.0 Å². The van der Waals surface area contributed by atoms with Crippen LogP contribution >= 0.6 is 27.5 Å². The monoisotopic (exact) mass is 484 g/mol. The number of nitrogens with one attached hydrogen (secondary N) is 2. The van der Waals surface area contributed by atoms with Gasteiger partial charge in [0.25, 0.3) is 11.8 Å². The first-order chi connectivity index (χ1) is 14.5. The molecule has 0 fully saturated rings. The minimum Gasteiger partial charge on any atom is -0.497 e. The van der Waals surface area contributed by atoms with Crippen LogP contribution in [0.3, 0.4) is 0 Å². The van der Waals surface area contributed by atoms with E-state index in [0.717, 1.165) is 10.0 Å². The summed E-state index contributed by atoms with van der Waals surface area (Å²) in [7, 11) is 1.57. The summed E-state index contributed by atoms with van der Waals surface area (Å²) in [5.41, 5.74) is 1.67. The molecule has 0 unspecified atom stereocenters. The third-order valence-corrected chi connectivity index (χ3v) is 5.00. The summed E-state index contributed by atoms with van der Waals surface area (Å²) in [5.74, 6) is -0.275. The summed E-state index contributed by atoms with van der Waals surface area (Å²) in [4.78, 5) is 25.6. The first-order valence-electron chi connectivity index (χ1n) is 8.95. The van der Waals surface area contributed by atoms with E-state index < -0.39 is 11.8 Å². The molecule has 0 aliphatic heterocycles. The normalized spacial score (nSPS) is 11.0. The molecule has 0 aromatic heterocycles. The van der Waals surface area contributed by atoms with Crippen LogP contribution in [0.5, 0.6) is 5.75 Å². The molecule has 0 saturated heterocycles. The van der Waals surface area contributed by atoms with Gasteiger partial charge in [-0.1, -0.05) is 51.8 Å². The van der Waals surface area contributed by atoms with Gasteiger partial charge in [0, 0.05) is 10.2 Å². The molecule has 152 valence electrons. The number of carbonyl (C=O) groups is 2. The molecule has 0 saturated carbocycles. The van der Waals surface area contributed by atoms with E-state index in [0.29, 0.717) is 16.5 Å². The summed E-state index contributed by atoms with van der Waals surface area (Å²) < 4.78 is 6.03. The van der Waals surface area contributed by atoms with Crippen LogP contribution in [0.2, 0.25) is 5.02 Å². The third kappa shape index (κ3) is 5.72. The molecule has 0 heterocycles. The van der Waals surface area contributed by atoms with E-state index in [1.165, 1.54) is 0 Å². The van der Waals surface area contributed by atoms with Crippen molar-refractivity contribution in [2.24, 2.45) is 0 Å². The molecule has 0 spiro atoms. The van der Waals surface area contributed by atoms with Gasteiger partial charge in [0.05, 0.1) is 17.7 Å². The van der Waals surface area contributed by atoms with E-state index in [1.54, 1.807) is 61.7 Å². The number of halogens is 2. The fraction of sp³-hybridized carbons (Fsp3) is 0.0435. The number of benzene rings is 3. The lowest BCUT2D eigenvalue weighted by Gasteiger charge is -2.12. The standard InChI is InChI=1S/C23H18BrClN2O3/c1-30-18-12-10-17(11-13-18)26-23(29)21(14-15-6-8-16(24)9-7-15)27-22(28)19-4-2-3-5-20(19)25/h2-14H,1H3,(H,26,29)(H,27,28). The maximum atomic E-state index is 12.9. The molecule has 2 amide bonds.